The Kier molecular flexibility index (Phi) is 2.54. The van der Waals surface area contributed by atoms with Gasteiger partial charge in [-0.1, -0.05) is 0 Å². The first kappa shape index (κ1) is 10.3. The second kappa shape index (κ2) is 3.72. The lowest BCUT2D eigenvalue weighted by molar-refractivity contribution is 0.0471. The van der Waals surface area contributed by atoms with Crippen LogP contribution < -0.4 is 0 Å². The van der Waals surface area contributed by atoms with Crippen LogP contribution in [-0.2, 0) is 11.3 Å². The number of likely N-dealkylation sites (N-methyl/N-ethyl adjacent to an activating group) is 1. The van der Waals surface area contributed by atoms with Gasteiger partial charge in [0.05, 0.1) is 12.7 Å². The van der Waals surface area contributed by atoms with Crippen LogP contribution in [0.5, 0.6) is 11.5 Å². The van der Waals surface area contributed by atoms with E-state index in [2.05, 4.69) is 0 Å². The molecular weight excluding hydrogens is 194 g/mol. The quantitative estimate of drug-likeness (QED) is 0.769. The van der Waals surface area contributed by atoms with Crippen LogP contribution in [0.4, 0.5) is 0 Å². The molecule has 0 bridgehead atoms. The van der Waals surface area contributed by atoms with Crippen molar-refractivity contribution < 1.29 is 14.9 Å². The van der Waals surface area contributed by atoms with Gasteiger partial charge >= 0.3 is 0 Å². The number of aromatic hydroxyl groups is 2. The van der Waals surface area contributed by atoms with Crippen molar-refractivity contribution in [3.63, 3.8) is 0 Å². The third kappa shape index (κ3) is 1.91. The Morgan fingerprint density at radius 3 is 2.80 bits per heavy atom. The number of hydrogen-bond donors (Lipinski definition) is 2. The van der Waals surface area contributed by atoms with Gasteiger partial charge in [-0.2, -0.15) is 0 Å². The van der Waals surface area contributed by atoms with Gasteiger partial charge in [0, 0.05) is 18.2 Å². The number of phenolic OH excluding ortho intramolecular Hbond substituents is 2. The minimum absolute atomic E-state index is 0.0620. The Labute approximate surface area is 88.7 Å². The molecule has 4 heteroatoms. The summed E-state index contributed by atoms with van der Waals surface area (Å²) in [7, 11) is 3.92. The highest BCUT2D eigenvalue weighted by atomic mass is 16.5. The maximum absolute atomic E-state index is 9.61. The molecule has 1 aliphatic heterocycles. The van der Waals surface area contributed by atoms with Gasteiger partial charge < -0.3 is 19.8 Å². The lowest BCUT2D eigenvalue weighted by Gasteiger charge is -2.16. The molecule has 1 unspecified atom stereocenters. The van der Waals surface area contributed by atoms with Crippen molar-refractivity contribution in [2.45, 2.75) is 12.7 Å². The van der Waals surface area contributed by atoms with E-state index in [0.29, 0.717) is 6.61 Å². The van der Waals surface area contributed by atoms with E-state index in [4.69, 9.17) is 4.74 Å². The zero-order chi connectivity index (χ0) is 11.0. The molecule has 0 spiro atoms. The number of benzene rings is 1. The normalized spacial score (nSPS) is 19.5. The lowest BCUT2D eigenvalue weighted by atomic mass is 10.0. The molecule has 1 aliphatic rings. The summed E-state index contributed by atoms with van der Waals surface area (Å²) in [5.41, 5.74) is 1.68. The van der Waals surface area contributed by atoms with Crippen LogP contribution in [0.2, 0.25) is 0 Å². The largest absolute Gasteiger partial charge is 0.508 e. The van der Waals surface area contributed by atoms with Gasteiger partial charge in [0.25, 0.3) is 0 Å². The van der Waals surface area contributed by atoms with E-state index in [9.17, 15) is 10.2 Å². The molecule has 1 aromatic carbocycles. The number of ether oxygens (including phenoxy) is 1. The first-order valence-electron chi connectivity index (χ1n) is 4.89. The molecular formula is C11H15NO3. The summed E-state index contributed by atoms with van der Waals surface area (Å²) in [4.78, 5) is 2.01. The van der Waals surface area contributed by atoms with E-state index < -0.39 is 0 Å². The predicted molar refractivity (Wildman–Crippen MR) is 55.9 cm³/mol. The molecule has 0 aromatic heterocycles. The Morgan fingerprint density at radius 2 is 2.13 bits per heavy atom. The highest BCUT2D eigenvalue weighted by Gasteiger charge is 2.26. The molecule has 0 amide bonds. The fraction of sp³-hybridized carbons (Fsp3) is 0.455. The Bertz CT molecular complexity index is 376. The van der Waals surface area contributed by atoms with Crippen molar-refractivity contribution in [3.8, 4) is 11.5 Å². The van der Waals surface area contributed by atoms with Gasteiger partial charge in [0.1, 0.15) is 11.5 Å². The third-order valence-electron chi connectivity index (χ3n) is 2.55. The number of fused-ring (bicyclic) bond motifs is 1. The summed E-state index contributed by atoms with van der Waals surface area (Å²) in [5, 5.41) is 19.0. The van der Waals surface area contributed by atoms with E-state index in [1.54, 1.807) is 6.07 Å². The lowest BCUT2D eigenvalue weighted by Crippen LogP contribution is -2.19. The Morgan fingerprint density at radius 1 is 1.40 bits per heavy atom. The van der Waals surface area contributed by atoms with Crippen LogP contribution >= 0.6 is 0 Å². The average molecular weight is 209 g/mol. The smallest absolute Gasteiger partial charge is 0.125 e. The fourth-order valence-corrected chi connectivity index (χ4v) is 1.86. The van der Waals surface area contributed by atoms with Crippen molar-refractivity contribution >= 4 is 0 Å². The van der Waals surface area contributed by atoms with Crippen LogP contribution in [-0.4, -0.2) is 35.8 Å². The first-order valence-corrected chi connectivity index (χ1v) is 4.89. The second-order valence-corrected chi connectivity index (χ2v) is 4.09. The molecule has 1 atom stereocenters. The SMILES string of the molecule is CN(C)CC1OCc2c(O)cc(O)cc21. The highest BCUT2D eigenvalue weighted by Crippen LogP contribution is 2.38. The molecule has 4 nitrogen and oxygen atoms in total. The Balaban J connectivity index is 2.33. The molecule has 0 saturated heterocycles. The zero-order valence-corrected chi connectivity index (χ0v) is 8.90. The summed E-state index contributed by atoms with van der Waals surface area (Å²) in [6, 6.07) is 3.01. The van der Waals surface area contributed by atoms with Gasteiger partial charge in [-0.25, -0.2) is 0 Å². The van der Waals surface area contributed by atoms with Gasteiger partial charge in [-0.15, -0.1) is 0 Å². The summed E-state index contributed by atoms with van der Waals surface area (Å²) in [5.74, 6) is 0.201. The Hall–Kier alpha value is -1.26. The minimum atomic E-state index is -0.0620. The fourth-order valence-electron chi connectivity index (χ4n) is 1.86. The summed E-state index contributed by atoms with van der Waals surface area (Å²) >= 11 is 0. The maximum Gasteiger partial charge on any atom is 0.125 e. The number of nitrogens with zero attached hydrogens (tertiary/aromatic N) is 1. The topological polar surface area (TPSA) is 52.9 Å². The van der Waals surface area contributed by atoms with Crippen LogP contribution in [0.25, 0.3) is 0 Å². The first-order chi connectivity index (χ1) is 7.08. The van der Waals surface area contributed by atoms with Gasteiger partial charge in [-0.05, 0) is 25.7 Å². The second-order valence-electron chi connectivity index (χ2n) is 4.09. The van der Waals surface area contributed by atoms with Gasteiger partial charge in [0.15, 0.2) is 0 Å². The molecule has 0 saturated carbocycles. The van der Waals surface area contributed by atoms with Crippen molar-refractivity contribution in [2.24, 2.45) is 0 Å². The van der Waals surface area contributed by atoms with Crippen molar-refractivity contribution in [3.05, 3.63) is 23.3 Å². The number of hydrogen-bond acceptors (Lipinski definition) is 4. The number of rotatable bonds is 2. The van der Waals surface area contributed by atoms with E-state index in [1.807, 2.05) is 19.0 Å². The standard InChI is InChI=1S/C11H15NO3/c1-12(2)5-11-8-3-7(13)4-10(14)9(8)6-15-11/h3-4,11,13-14H,5-6H2,1-2H3. The summed E-state index contributed by atoms with van der Waals surface area (Å²) < 4.78 is 5.56. The summed E-state index contributed by atoms with van der Waals surface area (Å²) in [6.07, 6.45) is -0.0620. The molecule has 0 fully saturated rings. The third-order valence-corrected chi connectivity index (χ3v) is 2.55. The van der Waals surface area contributed by atoms with E-state index >= 15 is 0 Å². The van der Waals surface area contributed by atoms with Crippen molar-refractivity contribution in [1.82, 2.24) is 4.90 Å². The summed E-state index contributed by atoms with van der Waals surface area (Å²) in [6.45, 7) is 1.16. The molecule has 1 aromatic rings. The van der Waals surface area contributed by atoms with Gasteiger partial charge in [0.2, 0.25) is 0 Å². The van der Waals surface area contributed by atoms with Crippen LogP contribution in [0.1, 0.15) is 17.2 Å². The molecule has 1 heterocycles. The monoisotopic (exact) mass is 209 g/mol. The molecule has 0 radical (unpaired) electrons. The number of phenols is 2. The molecule has 0 aliphatic carbocycles. The molecule has 15 heavy (non-hydrogen) atoms. The molecule has 82 valence electrons. The van der Waals surface area contributed by atoms with E-state index in [1.165, 1.54) is 6.07 Å². The van der Waals surface area contributed by atoms with Gasteiger partial charge in [-0.3, -0.25) is 0 Å². The minimum Gasteiger partial charge on any atom is -0.508 e. The average Bonchev–Trinajstić information content (AvgIpc) is 2.48. The van der Waals surface area contributed by atoms with E-state index in [-0.39, 0.29) is 17.6 Å². The highest BCUT2D eigenvalue weighted by molar-refractivity contribution is 5.47. The molecule has 2 rings (SSSR count). The van der Waals surface area contributed by atoms with Crippen LogP contribution in [0, 0.1) is 0 Å². The zero-order valence-electron chi connectivity index (χ0n) is 8.90. The van der Waals surface area contributed by atoms with Crippen molar-refractivity contribution in [2.75, 3.05) is 20.6 Å². The molecule has 2 N–H and O–H groups in total. The maximum atomic E-state index is 9.61. The van der Waals surface area contributed by atoms with Crippen LogP contribution in [0.15, 0.2) is 12.1 Å². The van der Waals surface area contributed by atoms with Crippen LogP contribution in [0.3, 0.4) is 0 Å². The van der Waals surface area contributed by atoms with Crippen molar-refractivity contribution in [1.29, 1.82) is 0 Å². The predicted octanol–water partition coefficient (Wildman–Crippen LogP) is 1.23. The van der Waals surface area contributed by atoms with E-state index in [0.717, 1.165) is 17.7 Å².